The van der Waals surface area contributed by atoms with Gasteiger partial charge >= 0.3 is 18.3 Å². The summed E-state index contributed by atoms with van der Waals surface area (Å²) in [5.41, 5.74) is 0.216. The van der Waals surface area contributed by atoms with Gasteiger partial charge in [-0.1, -0.05) is 0 Å². The number of rotatable bonds is 2. The standard InChI is InChI=1S/C12H9F3O5/c1-11(19-9(16)6-10(17)20-11)7-2-4-8(5-3-7)18-12(13,14)15/h2-5H,6H2,1H3. The van der Waals surface area contributed by atoms with Gasteiger partial charge in [0, 0.05) is 12.5 Å². The topological polar surface area (TPSA) is 61.8 Å². The van der Waals surface area contributed by atoms with Crippen LogP contribution >= 0.6 is 0 Å². The highest BCUT2D eigenvalue weighted by Gasteiger charge is 2.41. The molecule has 1 aliphatic rings. The van der Waals surface area contributed by atoms with Crippen LogP contribution in [0.4, 0.5) is 13.2 Å². The van der Waals surface area contributed by atoms with Crippen molar-refractivity contribution < 1.29 is 37.0 Å². The molecule has 1 heterocycles. The zero-order valence-electron chi connectivity index (χ0n) is 10.2. The molecule has 0 spiro atoms. The Morgan fingerprint density at radius 3 is 2.05 bits per heavy atom. The van der Waals surface area contributed by atoms with Crippen molar-refractivity contribution in [1.82, 2.24) is 0 Å². The Morgan fingerprint density at radius 2 is 1.60 bits per heavy atom. The summed E-state index contributed by atoms with van der Waals surface area (Å²) in [6.07, 6.45) is -5.29. The lowest BCUT2D eigenvalue weighted by Gasteiger charge is -2.32. The molecule has 0 bridgehead atoms. The van der Waals surface area contributed by atoms with Crippen LogP contribution in [0.1, 0.15) is 18.9 Å². The van der Waals surface area contributed by atoms with E-state index in [-0.39, 0.29) is 5.56 Å². The summed E-state index contributed by atoms with van der Waals surface area (Å²) in [6, 6.07) is 4.49. The second-order valence-electron chi connectivity index (χ2n) is 4.14. The number of hydrogen-bond donors (Lipinski definition) is 0. The molecular formula is C12H9F3O5. The minimum absolute atomic E-state index is 0.216. The molecule has 0 unspecified atom stereocenters. The summed E-state index contributed by atoms with van der Waals surface area (Å²) < 4.78 is 49.6. The highest BCUT2D eigenvalue weighted by Crippen LogP contribution is 2.33. The highest BCUT2D eigenvalue weighted by atomic mass is 19.4. The van der Waals surface area contributed by atoms with E-state index in [4.69, 9.17) is 9.47 Å². The van der Waals surface area contributed by atoms with Gasteiger partial charge < -0.3 is 14.2 Å². The maximum absolute atomic E-state index is 12.0. The highest BCUT2D eigenvalue weighted by molar-refractivity contribution is 5.93. The van der Waals surface area contributed by atoms with Gasteiger partial charge in [-0.05, 0) is 24.3 Å². The van der Waals surface area contributed by atoms with Crippen molar-refractivity contribution in [2.45, 2.75) is 25.5 Å². The maximum atomic E-state index is 12.0. The molecule has 0 aromatic heterocycles. The van der Waals surface area contributed by atoms with Gasteiger partial charge in [0.05, 0.1) is 0 Å². The van der Waals surface area contributed by atoms with Crippen LogP contribution in [0.25, 0.3) is 0 Å². The molecule has 0 N–H and O–H groups in total. The van der Waals surface area contributed by atoms with Crippen molar-refractivity contribution in [2.24, 2.45) is 0 Å². The molecule has 1 aromatic rings. The normalized spacial score (nSPS) is 18.2. The van der Waals surface area contributed by atoms with Crippen molar-refractivity contribution >= 4 is 11.9 Å². The van der Waals surface area contributed by atoms with Crippen LogP contribution in [0.2, 0.25) is 0 Å². The summed E-state index contributed by atoms with van der Waals surface area (Å²) in [7, 11) is 0. The van der Waals surface area contributed by atoms with E-state index in [1.54, 1.807) is 0 Å². The number of cyclic esters (lactones) is 2. The number of alkyl halides is 3. The van der Waals surface area contributed by atoms with E-state index >= 15 is 0 Å². The van der Waals surface area contributed by atoms with Gasteiger partial charge in [0.25, 0.3) is 5.79 Å². The predicted molar refractivity (Wildman–Crippen MR) is 57.3 cm³/mol. The fraction of sp³-hybridized carbons (Fsp3) is 0.333. The van der Waals surface area contributed by atoms with Gasteiger partial charge in [-0.2, -0.15) is 0 Å². The van der Waals surface area contributed by atoms with E-state index in [9.17, 15) is 22.8 Å². The molecule has 2 rings (SSSR count). The summed E-state index contributed by atoms with van der Waals surface area (Å²) in [5.74, 6) is -3.61. The largest absolute Gasteiger partial charge is 0.573 e. The van der Waals surface area contributed by atoms with E-state index in [2.05, 4.69) is 4.74 Å². The van der Waals surface area contributed by atoms with Crippen LogP contribution in [0.3, 0.4) is 0 Å². The Hall–Kier alpha value is -2.25. The molecule has 0 radical (unpaired) electrons. The average Bonchev–Trinajstić information content (AvgIpc) is 2.25. The third kappa shape index (κ3) is 3.19. The van der Waals surface area contributed by atoms with Crippen LogP contribution in [0.15, 0.2) is 24.3 Å². The zero-order valence-corrected chi connectivity index (χ0v) is 10.2. The van der Waals surface area contributed by atoms with Crippen molar-refractivity contribution in [2.75, 3.05) is 0 Å². The summed E-state index contributed by atoms with van der Waals surface area (Å²) >= 11 is 0. The molecule has 0 atom stereocenters. The molecule has 0 aliphatic carbocycles. The molecule has 5 nitrogen and oxygen atoms in total. The SMILES string of the molecule is CC1(c2ccc(OC(F)(F)F)cc2)OC(=O)CC(=O)O1. The summed E-state index contributed by atoms with van der Waals surface area (Å²) in [4.78, 5) is 22.4. The van der Waals surface area contributed by atoms with Crippen LogP contribution in [0, 0.1) is 0 Å². The maximum Gasteiger partial charge on any atom is 0.573 e. The van der Waals surface area contributed by atoms with Crippen molar-refractivity contribution in [1.29, 1.82) is 0 Å². The molecule has 1 aliphatic heterocycles. The molecule has 1 fully saturated rings. The van der Waals surface area contributed by atoms with Gasteiger partial charge in [0.15, 0.2) is 0 Å². The number of carbonyl (C=O) groups excluding carboxylic acids is 2. The number of benzene rings is 1. The fourth-order valence-corrected chi connectivity index (χ4v) is 1.72. The Kier molecular flexibility index (Phi) is 3.33. The fourth-order valence-electron chi connectivity index (χ4n) is 1.72. The lowest BCUT2D eigenvalue weighted by Crippen LogP contribution is -2.40. The molecule has 1 saturated heterocycles. The smallest absolute Gasteiger partial charge is 0.418 e. The first-order valence-corrected chi connectivity index (χ1v) is 5.48. The minimum Gasteiger partial charge on any atom is -0.418 e. The van der Waals surface area contributed by atoms with Gasteiger partial charge in [0.2, 0.25) is 0 Å². The second kappa shape index (κ2) is 4.69. The molecule has 20 heavy (non-hydrogen) atoms. The first kappa shape index (κ1) is 14.2. The second-order valence-corrected chi connectivity index (χ2v) is 4.14. The zero-order chi connectivity index (χ0) is 15.0. The first-order chi connectivity index (χ1) is 9.18. The first-order valence-electron chi connectivity index (χ1n) is 5.48. The third-order valence-electron chi connectivity index (χ3n) is 2.52. The van der Waals surface area contributed by atoms with Crippen LogP contribution in [-0.2, 0) is 24.8 Å². The van der Waals surface area contributed by atoms with E-state index in [0.29, 0.717) is 0 Å². The lowest BCUT2D eigenvalue weighted by atomic mass is 10.1. The molecule has 0 amide bonds. The number of carbonyl (C=O) groups is 2. The molecular weight excluding hydrogens is 281 g/mol. The van der Waals surface area contributed by atoms with Crippen LogP contribution in [0.5, 0.6) is 5.75 Å². The molecule has 1 aromatic carbocycles. The van der Waals surface area contributed by atoms with Gasteiger partial charge in [-0.3, -0.25) is 9.59 Å². The van der Waals surface area contributed by atoms with Crippen LogP contribution in [-0.4, -0.2) is 18.3 Å². The minimum atomic E-state index is -4.80. The number of esters is 2. The summed E-state index contributed by atoms with van der Waals surface area (Å²) in [6.45, 7) is 1.32. The molecule has 0 saturated carbocycles. The van der Waals surface area contributed by atoms with Gasteiger partial charge in [-0.25, -0.2) is 0 Å². The summed E-state index contributed by atoms with van der Waals surface area (Å²) in [5, 5.41) is 0. The van der Waals surface area contributed by atoms with E-state index < -0.39 is 36.3 Å². The number of ether oxygens (including phenoxy) is 3. The number of halogens is 3. The predicted octanol–water partition coefficient (Wildman–Crippen LogP) is 2.25. The van der Waals surface area contributed by atoms with Crippen molar-refractivity contribution in [3.63, 3.8) is 0 Å². The Bertz CT molecular complexity index is 519. The van der Waals surface area contributed by atoms with Crippen molar-refractivity contribution in [3.05, 3.63) is 29.8 Å². The van der Waals surface area contributed by atoms with Gasteiger partial charge in [0.1, 0.15) is 12.2 Å². The molecule has 108 valence electrons. The third-order valence-corrected chi connectivity index (χ3v) is 2.52. The Balaban J connectivity index is 2.21. The van der Waals surface area contributed by atoms with Gasteiger partial charge in [-0.15, -0.1) is 13.2 Å². The lowest BCUT2D eigenvalue weighted by molar-refractivity contribution is -0.274. The quantitative estimate of drug-likeness (QED) is 0.617. The molecule has 8 heteroatoms. The van der Waals surface area contributed by atoms with Crippen LogP contribution < -0.4 is 4.74 Å². The van der Waals surface area contributed by atoms with E-state index in [0.717, 1.165) is 12.1 Å². The van der Waals surface area contributed by atoms with Crippen molar-refractivity contribution in [3.8, 4) is 5.75 Å². The number of hydrogen-bond acceptors (Lipinski definition) is 5. The van der Waals surface area contributed by atoms with E-state index in [1.165, 1.54) is 19.1 Å². The monoisotopic (exact) mass is 290 g/mol. The average molecular weight is 290 g/mol. The van der Waals surface area contributed by atoms with E-state index in [1.807, 2.05) is 0 Å². The Morgan fingerprint density at radius 1 is 1.10 bits per heavy atom. The Labute approximate surface area is 111 Å².